The monoisotopic (exact) mass is 394 g/mol. The number of hydrogen-bond donors (Lipinski definition) is 0. The molecule has 4 aromatic rings. The van der Waals surface area contributed by atoms with Crippen LogP contribution in [0.25, 0.3) is 21.9 Å². The van der Waals surface area contributed by atoms with Gasteiger partial charge in [0.05, 0.1) is 18.0 Å². The van der Waals surface area contributed by atoms with Crippen LogP contribution in [0, 0.1) is 0 Å². The average Bonchev–Trinajstić information content (AvgIpc) is 2.71. The summed E-state index contributed by atoms with van der Waals surface area (Å²) >= 11 is 1.43. The average molecular weight is 394 g/mol. The van der Waals surface area contributed by atoms with Crippen molar-refractivity contribution in [3.8, 4) is 5.75 Å². The van der Waals surface area contributed by atoms with E-state index in [0.717, 1.165) is 10.9 Å². The number of ether oxygens (including phenoxy) is 1. The number of methoxy groups -OCH3 is 1. The second-order valence-electron chi connectivity index (χ2n) is 6.20. The first-order chi connectivity index (χ1) is 13.6. The smallest absolute Gasteiger partial charge is 0.336 e. The molecule has 0 radical (unpaired) electrons. The van der Waals surface area contributed by atoms with E-state index in [1.165, 1.54) is 17.8 Å². The zero-order chi connectivity index (χ0) is 19.7. The number of aromatic nitrogens is 2. The van der Waals surface area contributed by atoms with E-state index >= 15 is 0 Å². The minimum absolute atomic E-state index is 0.0576. The van der Waals surface area contributed by atoms with Gasteiger partial charge in [0.15, 0.2) is 5.16 Å². The lowest BCUT2D eigenvalue weighted by Gasteiger charge is -2.12. The highest BCUT2D eigenvalue weighted by Crippen LogP contribution is 2.28. The Balaban J connectivity index is 1.76. The summed E-state index contributed by atoms with van der Waals surface area (Å²) in [7, 11) is 1.56. The van der Waals surface area contributed by atoms with Crippen molar-refractivity contribution in [3.05, 3.63) is 74.9 Å². The Morgan fingerprint density at radius 2 is 1.93 bits per heavy atom. The van der Waals surface area contributed by atoms with Crippen LogP contribution in [0.15, 0.2) is 67.7 Å². The van der Waals surface area contributed by atoms with Gasteiger partial charge in [-0.15, -0.1) is 0 Å². The van der Waals surface area contributed by atoms with Gasteiger partial charge < -0.3 is 9.15 Å². The van der Waals surface area contributed by atoms with Gasteiger partial charge in [0.1, 0.15) is 11.3 Å². The molecule has 2 aromatic carbocycles. The Morgan fingerprint density at radius 3 is 2.71 bits per heavy atom. The van der Waals surface area contributed by atoms with Gasteiger partial charge in [0.2, 0.25) is 0 Å². The Hall–Kier alpha value is -3.06. The van der Waals surface area contributed by atoms with Crippen LogP contribution in [0.4, 0.5) is 0 Å². The molecule has 0 spiro atoms. The van der Waals surface area contributed by atoms with Crippen molar-refractivity contribution in [2.24, 2.45) is 0 Å². The molecule has 0 aliphatic rings. The van der Waals surface area contributed by atoms with Gasteiger partial charge in [0.25, 0.3) is 5.56 Å². The zero-order valence-electron chi connectivity index (χ0n) is 15.5. The van der Waals surface area contributed by atoms with Crippen molar-refractivity contribution >= 4 is 33.6 Å². The highest BCUT2D eigenvalue weighted by atomic mass is 32.2. The summed E-state index contributed by atoms with van der Waals surface area (Å²) in [4.78, 5) is 29.4. The van der Waals surface area contributed by atoms with Crippen molar-refractivity contribution in [2.45, 2.75) is 24.4 Å². The summed E-state index contributed by atoms with van der Waals surface area (Å²) in [5.41, 5.74) is 1.49. The third-order valence-corrected chi connectivity index (χ3v) is 5.56. The molecule has 0 aliphatic heterocycles. The number of thioether (sulfide) groups is 1. The number of fused-ring (bicyclic) bond motifs is 2. The van der Waals surface area contributed by atoms with Crippen LogP contribution in [0.3, 0.4) is 0 Å². The topological polar surface area (TPSA) is 74.3 Å². The molecule has 4 rings (SSSR count). The van der Waals surface area contributed by atoms with Crippen molar-refractivity contribution in [1.29, 1.82) is 0 Å². The molecule has 0 amide bonds. The molecule has 0 fully saturated rings. The zero-order valence-corrected chi connectivity index (χ0v) is 16.3. The van der Waals surface area contributed by atoms with E-state index in [9.17, 15) is 9.59 Å². The Bertz CT molecular complexity index is 1290. The molecule has 0 saturated heterocycles. The van der Waals surface area contributed by atoms with Gasteiger partial charge in [-0.2, -0.15) is 0 Å². The summed E-state index contributed by atoms with van der Waals surface area (Å²) < 4.78 is 12.2. The first-order valence-corrected chi connectivity index (χ1v) is 9.82. The normalized spacial score (nSPS) is 11.2. The van der Waals surface area contributed by atoms with Gasteiger partial charge in [-0.05, 0) is 36.8 Å². The highest BCUT2D eigenvalue weighted by Gasteiger charge is 2.13. The summed E-state index contributed by atoms with van der Waals surface area (Å²) in [6.45, 7) is 2.44. The summed E-state index contributed by atoms with van der Waals surface area (Å²) in [5.74, 6) is 1.11. The lowest BCUT2D eigenvalue weighted by molar-refractivity contribution is 0.414. The maximum Gasteiger partial charge on any atom is 0.336 e. The van der Waals surface area contributed by atoms with Crippen LogP contribution in [0.2, 0.25) is 0 Å². The third kappa shape index (κ3) is 3.29. The Labute approximate surface area is 164 Å². The summed E-state index contributed by atoms with van der Waals surface area (Å²) in [6.07, 6.45) is 0. The fraction of sp³-hybridized carbons (Fsp3) is 0.190. The number of hydrogen-bond acceptors (Lipinski definition) is 6. The van der Waals surface area contributed by atoms with Gasteiger partial charge >= 0.3 is 5.63 Å². The molecule has 142 valence electrons. The molecule has 2 heterocycles. The fourth-order valence-electron chi connectivity index (χ4n) is 3.14. The van der Waals surface area contributed by atoms with E-state index in [1.54, 1.807) is 23.8 Å². The van der Waals surface area contributed by atoms with Crippen molar-refractivity contribution < 1.29 is 9.15 Å². The van der Waals surface area contributed by atoms with E-state index < -0.39 is 5.63 Å². The molecule has 0 N–H and O–H groups in total. The lowest BCUT2D eigenvalue weighted by Crippen LogP contribution is -2.22. The lowest BCUT2D eigenvalue weighted by atomic mass is 10.1. The first-order valence-electron chi connectivity index (χ1n) is 8.84. The summed E-state index contributed by atoms with van der Waals surface area (Å²) in [5, 5.41) is 2.06. The molecule has 0 unspecified atom stereocenters. The Kier molecular flexibility index (Phi) is 4.92. The molecule has 7 heteroatoms. The van der Waals surface area contributed by atoms with Crippen molar-refractivity contribution in [1.82, 2.24) is 9.55 Å². The molecule has 2 aromatic heterocycles. The van der Waals surface area contributed by atoms with E-state index in [-0.39, 0.29) is 5.56 Å². The quantitative estimate of drug-likeness (QED) is 0.291. The van der Waals surface area contributed by atoms with Gasteiger partial charge in [-0.3, -0.25) is 9.36 Å². The fourth-order valence-corrected chi connectivity index (χ4v) is 4.19. The maximum atomic E-state index is 12.8. The minimum Gasteiger partial charge on any atom is -0.497 e. The van der Waals surface area contributed by atoms with Crippen LogP contribution < -0.4 is 15.9 Å². The van der Waals surface area contributed by atoms with Gasteiger partial charge in [0, 0.05) is 29.8 Å². The minimum atomic E-state index is -0.421. The number of rotatable bonds is 5. The van der Waals surface area contributed by atoms with E-state index in [4.69, 9.17) is 9.15 Å². The SMILES string of the molecule is CCn1c(SCc2cc(=O)oc3cc(OC)ccc23)nc2ccccc2c1=O. The van der Waals surface area contributed by atoms with Gasteiger partial charge in [-0.25, -0.2) is 9.78 Å². The Morgan fingerprint density at radius 1 is 1.11 bits per heavy atom. The molecule has 6 nitrogen and oxygen atoms in total. The number of nitrogens with zero attached hydrogens (tertiary/aromatic N) is 2. The third-order valence-electron chi connectivity index (χ3n) is 4.54. The molecule has 0 aliphatic carbocycles. The second-order valence-corrected chi connectivity index (χ2v) is 7.14. The first kappa shape index (κ1) is 18.3. The molecule has 28 heavy (non-hydrogen) atoms. The molecular formula is C21H18N2O4S. The van der Waals surface area contributed by atoms with Crippen molar-refractivity contribution in [2.75, 3.05) is 7.11 Å². The second kappa shape index (κ2) is 7.52. The standard InChI is InChI=1S/C21H18N2O4S/c1-3-23-20(25)16-6-4-5-7-17(16)22-21(23)28-12-13-10-19(24)27-18-11-14(26-2)8-9-15(13)18/h4-11H,3,12H2,1-2H3. The van der Waals surface area contributed by atoms with Crippen LogP contribution in [0.1, 0.15) is 12.5 Å². The van der Waals surface area contributed by atoms with Crippen LogP contribution in [-0.2, 0) is 12.3 Å². The highest BCUT2D eigenvalue weighted by molar-refractivity contribution is 7.98. The predicted molar refractivity (Wildman–Crippen MR) is 110 cm³/mol. The largest absolute Gasteiger partial charge is 0.497 e. The number of para-hydroxylation sites is 1. The molecule has 0 atom stereocenters. The predicted octanol–water partition coefficient (Wildman–Crippen LogP) is 3.82. The van der Waals surface area contributed by atoms with Crippen LogP contribution >= 0.6 is 11.8 Å². The molecule has 0 bridgehead atoms. The van der Waals surface area contributed by atoms with E-state index in [1.807, 2.05) is 37.3 Å². The van der Waals surface area contributed by atoms with Crippen LogP contribution in [0.5, 0.6) is 5.75 Å². The number of benzene rings is 2. The van der Waals surface area contributed by atoms with Crippen LogP contribution in [-0.4, -0.2) is 16.7 Å². The van der Waals surface area contributed by atoms with E-state index in [0.29, 0.717) is 39.7 Å². The van der Waals surface area contributed by atoms with Crippen molar-refractivity contribution in [3.63, 3.8) is 0 Å². The summed E-state index contributed by atoms with van der Waals surface area (Å²) in [6, 6.07) is 14.2. The van der Waals surface area contributed by atoms with E-state index in [2.05, 4.69) is 4.98 Å². The molecule has 0 saturated carbocycles. The maximum absolute atomic E-state index is 12.8. The molecular weight excluding hydrogens is 376 g/mol. The van der Waals surface area contributed by atoms with Gasteiger partial charge in [-0.1, -0.05) is 23.9 Å².